The monoisotopic (exact) mass is 1200 g/mol. The Balaban J connectivity index is 4.00. The van der Waals surface area contributed by atoms with Crippen LogP contribution in [0.5, 0.6) is 0 Å². The van der Waals surface area contributed by atoms with Gasteiger partial charge in [0.15, 0.2) is 6.10 Å². The van der Waals surface area contributed by atoms with Crippen LogP contribution in [0, 0.1) is 0 Å². The molecule has 1 N–H and O–H groups in total. The highest BCUT2D eigenvalue weighted by Gasteiger charge is 2.25. The second-order valence-corrected chi connectivity index (χ2v) is 25.9. The maximum Gasteiger partial charge on any atom is 0.361 e. The number of allylic oxidation sites excluding steroid dienone is 10. The van der Waals surface area contributed by atoms with Crippen LogP contribution in [0.2, 0.25) is 0 Å². The van der Waals surface area contributed by atoms with Crippen LogP contribution in [0.25, 0.3) is 0 Å². The van der Waals surface area contributed by atoms with Crippen LogP contribution in [0.1, 0.15) is 348 Å². The number of aliphatic carboxylic acids is 1. The number of ether oxygens (including phenoxy) is 4. The fraction of sp³-hybridized carbons (Fsp3) is 0.829. The minimum atomic E-state index is -1.52. The molecule has 2 unspecified atom stereocenters. The second-order valence-electron chi connectivity index (χ2n) is 25.9. The molecule has 0 aromatic rings. The molecule has 0 saturated heterocycles. The molecule has 0 aromatic heterocycles. The molecule has 0 radical (unpaired) electrons. The van der Waals surface area contributed by atoms with E-state index in [-0.39, 0.29) is 32.2 Å². The van der Waals surface area contributed by atoms with Crippen molar-refractivity contribution < 1.29 is 42.9 Å². The van der Waals surface area contributed by atoms with Crippen molar-refractivity contribution in [3.63, 3.8) is 0 Å². The number of esters is 2. The van der Waals surface area contributed by atoms with Gasteiger partial charge in [-0.25, -0.2) is 4.79 Å². The van der Waals surface area contributed by atoms with Gasteiger partial charge in [-0.05, 0) is 57.8 Å². The van der Waals surface area contributed by atoms with Crippen molar-refractivity contribution in [3.05, 3.63) is 60.8 Å². The van der Waals surface area contributed by atoms with E-state index < -0.39 is 24.3 Å². The Morgan fingerprint density at radius 1 is 0.365 bits per heavy atom. The Labute approximate surface area is 526 Å². The summed E-state index contributed by atoms with van der Waals surface area (Å²) < 4.78 is 23.0. The van der Waals surface area contributed by atoms with Crippen molar-refractivity contribution in [1.29, 1.82) is 0 Å². The number of quaternary nitrogens is 1. The number of hydrogen-bond donors (Lipinski definition) is 1. The molecule has 0 fully saturated rings. The van der Waals surface area contributed by atoms with E-state index in [1.54, 1.807) is 0 Å². The largest absolute Gasteiger partial charge is 0.477 e. The summed E-state index contributed by atoms with van der Waals surface area (Å²) in [6, 6.07) is 0. The first-order chi connectivity index (χ1) is 41.6. The quantitative estimate of drug-likeness (QED) is 0.0211. The van der Waals surface area contributed by atoms with Crippen molar-refractivity contribution in [3.8, 4) is 0 Å². The third-order valence-corrected chi connectivity index (χ3v) is 16.3. The summed E-state index contributed by atoms with van der Waals surface area (Å²) in [6.07, 6.45) is 85.1. The number of hydrogen-bond acceptors (Lipinski definition) is 7. The van der Waals surface area contributed by atoms with Crippen LogP contribution in [-0.2, 0) is 33.3 Å². The van der Waals surface area contributed by atoms with Gasteiger partial charge in [-0.2, -0.15) is 0 Å². The van der Waals surface area contributed by atoms with E-state index in [9.17, 15) is 19.5 Å². The number of likely N-dealkylation sites (N-methyl/N-ethyl adjacent to an activating group) is 1. The minimum Gasteiger partial charge on any atom is -0.477 e. The molecule has 0 heterocycles. The molecule has 0 aliphatic carbocycles. The summed E-state index contributed by atoms with van der Waals surface area (Å²) in [6.45, 7) is 4.80. The lowest BCUT2D eigenvalue weighted by molar-refractivity contribution is -0.870. The van der Waals surface area contributed by atoms with Gasteiger partial charge in [0.2, 0.25) is 0 Å². The fourth-order valence-corrected chi connectivity index (χ4v) is 10.8. The van der Waals surface area contributed by atoms with Gasteiger partial charge in [0.05, 0.1) is 34.4 Å². The van der Waals surface area contributed by atoms with Gasteiger partial charge in [-0.15, -0.1) is 0 Å². The summed E-state index contributed by atoms with van der Waals surface area (Å²) in [4.78, 5) is 37.6. The van der Waals surface area contributed by atoms with Crippen molar-refractivity contribution in [2.75, 3.05) is 47.5 Å². The molecule has 0 saturated carbocycles. The summed E-state index contributed by atoms with van der Waals surface area (Å²) in [7, 11) is 5.98. The Morgan fingerprint density at radius 3 is 1.00 bits per heavy atom. The first-order valence-corrected chi connectivity index (χ1v) is 36.5. The van der Waals surface area contributed by atoms with E-state index >= 15 is 0 Å². The average Bonchev–Trinajstić information content (AvgIpc) is 3.49. The summed E-state index contributed by atoms with van der Waals surface area (Å²) in [5, 5.41) is 9.74. The van der Waals surface area contributed by atoms with Gasteiger partial charge in [0, 0.05) is 12.8 Å². The summed E-state index contributed by atoms with van der Waals surface area (Å²) in [5.41, 5.74) is 0. The molecular formula is C76H140NO8+. The zero-order valence-electron chi connectivity index (χ0n) is 56.8. The third kappa shape index (κ3) is 68.3. The van der Waals surface area contributed by atoms with Gasteiger partial charge in [0.25, 0.3) is 6.29 Å². The molecule has 9 nitrogen and oxygen atoms in total. The van der Waals surface area contributed by atoms with Crippen molar-refractivity contribution >= 4 is 17.9 Å². The molecule has 0 aliphatic rings. The molecule has 0 bridgehead atoms. The highest BCUT2D eigenvalue weighted by atomic mass is 16.7. The van der Waals surface area contributed by atoms with E-state index in [2.05, 4.69) is 74.6 Å². The van der Waals surface area contributed by atoms with E-state index in [4.69, 9.17) is 18.9 Å². The van der Waals surface area contributed by atoms with Gasteiger partial charge >= 0.3 is 17.9 Å². The first-order valence-electron chi connectivity index (χ1n) is 36.5. The maximum absolute atomic E-state index is 12.9. The number of carbonyl (C=O) groups is 3. The molecule has 85 heavy (non-hydrogen) atoms. The standard InChI is InChI=1S/C76H139NO8/c1-6-8-10-12-14-16-18-20-22-24-26-28-30-31-32-33-34-35-36-37-38-39-40-41-42-43-45-46-48-50-52-54-56-58-60-62-64-66-73(78)83-70-72(71-84-76(75(80)81)82-69-68-77(3,4)5)85-74(79)67-65-63-61-59-57-55-53-51-49-47-44-29-27-25-23-21-19-17-15-13-11-9-7-2/h9,11,15,17,21,23,27,29,47,49,72,76H,6-8,10,12-14,16,18-20,22,24-26,28,30-46,48,50-71H2,1-5H3/p+1/b11-9-,17-15-,23-21-,29-27-,49-47-. The maximum atomic E-state index is 12.9. The molecule has 9 heteroatoms. The lowest BCUT2D eigenvalue weighted by Gasteiger charge is -2.25. The Kier molecular flexibility index (Phi) is 64.6. The third-order valence-electron chi connectivity index (χ3n) is 16.3. The van der Waals surface area contributed by atoms with Crippen molar-refractivity contribution in [2.45, 2.75) is 360 Å². The Hall–Kier alpha value is -3.01. The fourth-order valence-electron chi connectivity index (χ4n) is 10.8. The summed E-state index contributed by atoms with van der Waals surface area (Å²) in [5.74, 6) is -2.00. The molecule has 0 amide bonds. The van der Waals surface area contributed by atoms with Crippen LogP contribution in [-0.4, -0.2) is 87.4 Å². The van der Waals surface area contributed by atoms with Crippen LogP contribution < -0.4 is 0 Å². The number of rotatable bonds is 68. The molecule has 0 aromatic carbocycles. The van der Waals surface area contributed by atoms with E-state index in [1.165, 1.54) is 238 Å². The number of nitrogens with zero attached hydrogens (tertiary/aromatic N) is 1. The highest BCUT2D eigenvalue weighted by Crippen LogP contribution is 2.19. The van der Waals surface area contributed by atoms with Crippen LogP contribution in [0.4, 0.5) is 0 Å². The van der Waals surface area contributed by atoms with E-state index in [0.717, 1.165) is 77.0 Å². The van der Waals surface area contributed by atoms with Gasteiger partial charge in [0.1, 0.15) is 13.2 Å². The number of carboxylic acids is 1. The molecule has 2 atom stereocenters. The van der Waals surface area contributed by atoms with Crippen molar-refractivity contribution in [1.82, 2.24) is 0 Å². The predicted molar refractivity (Wildman–Crippen MR) is 364 cm³/mol. The summed E-state index contributed by atoms with van der Waals surface area (Å²) >= 11 is 0. The van der Waals surface area contributed by atoms with Crippen molar-refractivity contribution in [2.24, 2.45) is 0 Å². The topological polar surface area (TPSA) is 108 Å². The lowest BCUT2D eigenvalue weighted by Crippen LogP contribution is -2.40. The molecule has 0 aliphatic heterocycles. The predicted octanol–water partition coefficient (Wildman–Crippen LogP) is 22.7. The number of carbonyl (C=O) groups excluding carboxylic acids is 2. The minimum absolute atomic E-state index is 0.185. The normalized spacial score (nSPS) is 13.0. The Morgan fingerprint density at radius 2 is 0.671 bits per heavy atom. The Bertz CT molecular complexity index is 1580. The van der Waals surface area contributed by atoms with Gasteiger partial charge < -0.3 is 28.5 Å². The van der Waals surface area contributed by atoms with Crippen LogP contribution in [0.15, 0.2) is 60.8 Å². The van der Waals surface area contributed by atoms with Gasteiger partial charge in [-0.3, -0.25) is 9.59 Å². The van der Waals surface area contributed by atoms with E-state index in [1.807, 2.05) is 21.1 Å². The zero-order valence-corrected chi connectivity index (χ0v) is 56.8. The molecule has 496 valence electrons. The smallest absolute Gasteiger partial charge is 0.361 e. The van der Waals surface area contributed by atoms with Crippen LogP contribution >= 0.6 is 0 Å². The number of unbranched alkanes of at least 4 members (excludes halogenated alkanes) is 43. The molecule has 0 rings (SSSR count). The molecular weight excluding hydrogens is 1050 g/mol. The SMILES string of the molecule is CC/C=C\C/C=C\C/C=C\C/C=C\C/C=C\CCCCCCCCCC(=O)OC(COC(=O)CCCCCCCCCCCCCCCCCCCCCCCCCCCCCCCCCCCCCCC)COC(OCC[N+](C)(C)C)C(=O)O. The number of carboxylic acid groups (broad SMARTS) is 1. The van der Waals surface area contributed by atoms with Crippen LogP contribution in [0.3, 0.4) is 0 Å². The van der Waals surface area contributed by atoms with E-state index in [0.29, 0.717) is 23.9 Å². The molecule has 0 spiro atoms. The first kappa shape index (κ1) is 82.0. The average molecular weight is 1200 g/mol. The lowest BCUT2D eigenvalue weighted by atomic mass is 10.0. The second kappa shape index (κ2) is 66.9. The highest BCUT2D eigenvalue weighted by molar-refractivity contribution is 5.71. The zero-order chi connectivity index (χ0) is 61.9. The van der Waals surface area contributed by atoms with Gasteiger partial charge in [-0.1, -0.05) is 338 Å².